The lowest BCUT2D eigenvalue weighted by Gasteiger charge is -2.20. The van der Waals surface area contributed by atoms with Gasteiger partial charge < -0.3 is 10.1 Å². The molecule has 2 aromatic carbocycles. The maximum Gasteiger partial charge on any atom is 0.340 e. The summed E-state index contributed by atoms with van der Waals surface area (Å²) in [7, 11) is -3.39. The van der Waals surface area contributed by atoms with E-state index in [-0.39, 0.29) is 18.7 Å². The Morgan fingerprint density at radius 3 is 2.22 bits per heavy atom. The van der Waals surface area contributed by atoms with Crippen LogP contribution >= 0.6 is 0 Å². The molecule has 144 valence electrons. The molecular formula is C19H22N2O5S. The summed E-state index contributed by atoms with van der Waals surface area (Å²) in [5.41, 5.74) is 1.42. The number of para-hydroxylation sites is 1. The van der Waals surface area contributed by atoms with E-state index in [1.165, 1.54) is 16.4 Å². The molecule has 0 aliphatic heterocycles. The number of nitrogens with one attached hydrogen (secondary N) is 1. The smallest absolute Gasteiger partial charge is 0.340 e. The van der Waals surface area contributed by atoms with E-state index in [2.05, 4.69) is 5.32 Å². The third kappa shape index (κ3) is 5.07. The van der Waals surface area contributed by atoms with Crippen LogP contribution in [0.3, 0.4) is 0 Å². The number of ether oxygens (including phenoxy) is 1. The Bertz CT molecular complexity index is 923. The molecule has 8 heteroatoms. The predicted octanol–water partition coefficient (Wildman–Crippen LogP) is 2.90. The molecule has 1 N–H and O–H groups in total. The fraction of sp³-hybridized carbons (Fsp3) is 0.263. The van der Waals surface area contributed by atoms with E-state index >= 15 is 0 Å². The van der Waals surface area contributed by atoms with Gasteiger partial charge in [-0.2, -0.15) is 0 Å². The Kier molecular flexibility index (Phi) is 6.57. The molecule has 2 aromatic rings. The molecule has 0 atom stereocenters. The van der Waals surface area contributed by atoms with Crippen LogP contribution < -0.4 is 9.62 Å². The lowest BCUT2D eigenvalue weighted by atomic mass is 10.1. The minimum atomic E-state index is -3.39. The average molecular weight is 390 g/mol. The van der Waals surface area contributed by atoms with Crippen molar-refractivity contribution in [1.29, 1.82) is 0 Å². The Morgan fingerprint density at radius 1 is 1.04 bits per heavy atom. The number of anilines is 2. The van der Waals surface area contributed by atoms with E-state index in [1.807, 2.05) is 0 Å². The normalized spacial score (nSPS) is 10.9. The summed E-state index contributed by atoms with van der Waals surface area (Å²) >= 11 is 0. The second-order valence-corrected chi connectivity index (χ2v) is 7.60. The number of esters is 1. The third-order valence-corrected chi connectivity index (χ3v) is 5.05. The quantitative estimate of drug-likeness (QED) is 0.734. The molecule has 0 aromatic heterocycles. The van der Waals surface area contributed by atoms with Gasteiger partial charge in [-0.3, -0.25) is 9.10 Å². The summed E-state index contributed by atoms with van der Waals surface area (Å²) in [6.07, 6.45) is 1.13. The number of benzene rings is 2. The lowest BCUT2D eigenvalue weighted by Crippen LogP contribution is -2.29. The summed E-state index contributed by atoms with van der Waals surface area (Å²) in [5, 5.41) is 2.69. The Balaban J connectivity index is 2.22. The van der Waals surface area contributed by atoms with Gasteiger partial charge in [0.2, 0.25) is 10.0 Å². The van der Waals surface area contributed by atoms with Crippen LogP contribution in [0.25, 0.3) is 0 Å². The number of carbonyl (C=O) groups is 2. The largest absolute Gasteiger partial charge is 0.462 e. The van der Waals surface area contributed by atoms with Crippen LogP contribution in [0, 0.1) is 0 Å². The number of rotatable bonds is 7. The van der Waals surface area contributed by atoms with Crippen LogP contribution in [0.1, 0.15) is 34.6 Å². The van der Waals surface area contributed by atoms with Gasteiger partial charge in [0.05, 0.1) is 29.8 Å². The molecule has 0 saturated heterocycles. The minimum absolute atomic E-state index is 0.233. The van der Waals surface area contributed by atoms with E-state index in [0.29, 0.717) is 16.9 Å². The second-order valence-electron chi connectivity index (χ2n) is 5.69. The van der Waals surface area contributed by atoms with Crippen LogP contribution in [0.5, 0.6) is 0 Å². The minimum Gasteiger partial charge on any atom is -0.462 e. The zero-order valence-corrected chi connectivity index (χ0v) is 16.2. The first-order chi connectivity index (χ1) is 12.8. The molecule has 0 unspecified atom stereocenters. The molecule has 0 aliphatic carbocycles. The SMILES string of the molecule is CCOC(=O)c1ccccc1NC(=O)c1ccc(N(CC)S(C)(=O)=O)cc1. The topological polar surface area (TPSA) is 92.8 Å². The number of sulfonamides is 1. The highest BCUT2D eigenvalue weighted by Crippen LogP contribution is 2.20. The van der Waals surface area contributed by atoms with E-state index in [4.69, 9.17) is 4.74 Å². The van der Waals surface area contributed by atoms with Crippen molar-refractivity contribution in [3.05, 3.63) is 59.7 Å². The van der Waals surface area contributed by atoms with Gasteiger partial charge in [0.25, 0.3) is 5.91 Å². The molecule has 0 saturated carbocycles. The maximum absolute atomic E-state index is 12.5. The van der Waals surface area contributed by atoms with Crippen molar-refractivity contribution in [2.75, 3.05) is 29.0 Å². The molecule has 0 bridgehead atoms. The van der Waals surface area contributed by atoms with E-state index in [1.54, 1.807) is 50.2 Å². The van der Waals surface area contributed by atoms with Crippen molar-refractivity contribution in [2.24, 2.45) is 0 Å². The van der Waals surface area contributed by atoms with Gasteiger partial charge in [0.15, 0.2) is 0 Å². The second kappa shape index (κ2) is 8.68. The van der Waals surface area contributed by atoms with E-state index in [0.717, 1.165) is 6.26 Å². The fourth-order valence-electron chi connectivity index (χ4n) is 2.56. The first-order valence-electron chi connectivity index (χ1n) is 8.43. The molecule has 0 fully saturated rings. The average Bonchev–Trinajstić information content (AvgIpc) is 2.62. The van der Waals surface area contributed by atoms with Gasteiger partial charge >= 0.3 is 5.97 Å². The highest BCUT2D eigenvalue weighted by Gasteiger charge is 2.17. The Hall–Kier alpha value is -2.87. The number of amides is 1. The Labute approximate surface area is 159 Å². The summed E-state index contributed by atoms with van der Waals surface area (Å²) in [6, 6.07) is 12.8. The van der Waals surface area contributed by atoms with Crippen LogP contribution in [0.4, 0.5) is 11.4 Å². The van der Waals surface area contributed by atoms with E-state index in [9.17, 15) is 18.0 Å². The molecule has 27 heavy (non-hydrogen) atoms. The zero-order valence-electron chi connectivity index (χ0n) is 15.4. The maximum atomic E-state index is 12.5. The van der Waals surface area contributed by atoms with Crippen molar-refractivity contribution in [3.8, 4) is 0 Å². The molecule has 7 nitrogen and oxygen atoms in total. The van der Waals surface area contributed by atoms with Gasteiger partial charge in [-0.1, -0.05) is 12.1 Å². The van der Waals surface area contributed by atoms with Gasteiger partial charge in [-0.25, -0.2) is 13.2 Å². The fourth-order valence-corrected chi connectivity index (χ4v) is 3.53. The number of hydrogen-bond donors (Lipinski definition) is 1. The molecule has 0 heterocycles. The number of nitrogens with zero attached hydrogens (tertiary/aromatic N) is 1. The monoisotopic (exact) mass is 390 g/mol. The standard InChI is InChI=1S/C19H22N2O5S/c1-4-21(27(3,24)25)15-12-10-14(11-13-15)18(22)20-17-9-7-6-8-16(17)19(23)26-5-2/h6-13H,4-5H2,1-3H3,(H,20,22). The van der Waals surface area contributed by atoms with Gasteiger partial charge in [-0.15, -0.1) is 0 Å². The third-order valence-electron chi connectivity index (χ3n) is 3.78. The van der Waals surface area contributed by atoms with Gasteiger partial charge in [0.1, 0.15) is 0 Å². The van der Waals surface area contributed by atoms with Crippen molar-refractivity contribution in [1.82, 2.24) is 0 Å². The number of carbonyl (C=O) groups excluding carboxylic acids is 2. The van der Waals surface area contributed by atoms with Crippen molar-refractivity contribution in [2.45, 2.75) is 13.8 Å². The van der Waals surface area contributed by atoms with Crippen molar-refractivity contribution >= 4 is 33.3 Å². The lowest BCUT2D eigenvalue weighted by molar-refractivity contribution is 0.0527. The first-order valence-corrected chi connectivity index (χ1v) is 10.3. The molecule has 0 aliphatic rings. The van der Waals surface area contributed by atoms with Crippen LogP contribution in [-0.4, -0.2) is 39.7 Å². The zero-order chi connectivity index (χ0) is 20.0. The summed E-state index contributed by atoms with van der Waals surface area (Å²) < 4.78 is 29.8. The predicted molar refractivity (Wildman–Crippen MR) is 105 cm³/mol. The van der Waals surface area contributed by atoms with Crippen molar-refractivity contribution < 1.29 is 22.7 Å². The van der Waals surface area contributed by atoms with Crippen molar-refractivity contribution in [3.63, 3.8) is 0 Å². The first kappa shape index (κ1) is 20.4. The highest BCUT2D eigenvalue weighted by atomic mass is 32.2. The van der Waals surface area contributed by atoms with Crippen LogP contribution in [-0.2, 0) is 14.8 Å². The molecular weight excluding hydrogens is 368 g/mol. The Morgan fingerprint density at radius 2 is 1.67 bits per heavy atom. The summed E-state index contributed by atoms with van der Waals surface area (Å²) in [4.78, 5) is 24.5. The van der Waals surface area contributed by atoms with Crippen LogP contribution in [0.15, 0.2) is 48.5 Å². The van der Waals surface area contributed by atoms with Gasteiger partial charge in [-0.05, 0) is 50.2 Å². The molecule has 0 radical (unpaired) electrons. The van der Waals surface area contributed by atoms with Crippen LogP contribution in [0.2, 0.25) is 0 Å². The molecule has 1 amide bonds. The highest BCUT2D eigenvalue weighted by molar-refractivity contribution is 7.92. The van der Waals surface area contributed by atoms with E-state index < -0.39 is 21.9 Å². The summed E-state index contributed by atoms with van der Waals surface area (Å²) in [5.74, 6) is -0.934. The molecule has 0 spiro atoms. The number of hydrogen-bond acceptors (Lipinski definition) is 5. The summed E-state index contributed by atoms with van der Waals surface area (Å²) in [6.45, 7) is 3.96. The molecule has 2 rings (SSSR count). The van der Waals surface area contributed by atoms with Gasteiger partial charge in [0, 0.05) is 12.1 Å².